The van der Waals surface area contributed by atoms with Crippen LogP contribution in [0.3, 0.4) is 0 Å². The van der Waals surface area contributed by atoms with Gasteiger partial charge in [0.25, 0.3) is 17.7 Å². The second kappa shape index (κ2) is 10.7. The molecule has 1 unspecified atom stereocenters. The predicted molar refractivity (Wildman–Crippen MR) is 109 cm³/mol. The van der Waals surface area contributed by atoms with Crippen LogP contribution in [0.25, 0.3) is 0 Å². The quantitative estimate of drug-likeness (QED) is 0.349. The standard InChI is InChI=1S/C22H30N2O5/c1-4-5-6-7-8-11-29-19(25)12-15(2)14-24-21(27)17-10-9-16(20(26)23-3)13-18(17)22(24)28/h9-10,13,15H,4-8,11-12,14H2,1-3H3,(H,23,26). The molecule has 1 N–H and O–H groups in total. The third-order valence-corrected chi connectivity index (χ3v) is 4.98. The summed E-state index contributed by atoms with van der Waals surface area (Å²) in [6.07, 6.45) is 5.55. The maximum absolute atomic E-state index is 12.6. The fourth-order valence-electron chi connectivity index (χ4n) is 3.35. The smallest absolute Gasteiger partial charge is 0.306 e. The summed E-state index contributed by atoms with van der Waals surface area (Å²) in [4.78, 5) is 50.1. The zero-order chi connectivity index (χ0) is 21.4. The van der Waals surface area contributed by atoms with Gasteiger partial charge in [0.1, 0.15) is 0 Å². The van der Waals surface area contributed by atoms with Gasteiger partial charge in [0.15, 0.2) is 0 Å². The minimum absolute atomic E-state index is 0.132. The number of hydrogen-bond acceptors (Lipinski definition) is 5. The number of ether oxygens (including phenoxy) is 1. The molecule has 0 fully saturated rings. The van der Waals surface area contributed by atoms with Crippen molar-refractivity contribution >= 4 is 23.7 Å². The Morgan fingerprint density at radius 3 is 2.45 bits per heavy atom. The van der Waals surface area contributed by atoms with Crippen LogP contribution in [-0.2, 0) is 9.53 Å². The summed E-state index contributed by atoms with van der Waals surface area (Å²) in [5.74, 6) is -1.69. The molecule has 0 radical (unpaired) electrons. The lowest BCUT2D eigenvalue weighted by Crippen LogP contribution is -2.34. The summed E-state index contributed by atoms with van der Waals surface area (Å²) in [7, 11) is 1.50. The number of amides is 3. The van der Waals surface area contributed by atoms with E-state index in [0.717, 1.165) is 24.2 Å². The largest absolute Gasteiger partial charge is 0.466 e. The number of carbonyl (C=O) groups excluding carboxylic acids is 4. The van der Waals surface area contributed by atoms with E-state index in [4.69, 9.17) is 4.74 Å². The molecule has 0 aliphatic carbocycles. The number of benzene rings is 1. The van der Waals surface area contributed by atoms with Crippen LogP contribution in [0.5, 0.6) is 0 Å². The van der Waals surface area contributed by atoms with Crippen LogP contribution in [0.2, 0.25) is 0 Å². The number of esters is 1. The third kappa shape index (κ3) is 5.89. The predicted octanol–water partition coefficient (Wildman–Crippen LogP) is 3.18. The van der Waals surface area contributed by atoms with E-state index in [0.29, 0.717) is 12.2 Å². The van der Waals surface area contributed by atoms with Crippen molar-refractivity contribution in [3.05, 3.63) is 34.9 Å². The lowest BCUT2D eigenvalue weighted by molar-refractivity contribution is -0.144. The van der Waals surface area contributed by atoms with Crippen molar-refractivity contribution in [2.45, 2.75) is 52.4 Å². The molecule has 29 heavy (non-hydrogen) atoms. The lowest BCUT2D eigenvalue weighted by atomic mass is 10.1. The summed E-state index contributed by atoms with van der Waals surface area (Å²) in [6.45, 7) is 4.50. The molecule has 3 amide bonds. The Balaban J connectivity index is 1.86. The average Bonchev–Trinajstić information content (AvgIpc) is 2.94. The van der Waals surface area contributed by atoms with Gasteiger partial charge in [0.2, 0.25) is 0 Å². The van der Waals surface area contributed by atoms with Gasteiger partial charge in [-0.3, -0.25) is 24.1 Å². The van der Waals surface area contributed by atoms with E-state index in [2.05, 4.69) is 12.2 Å². The number of nitrogens with one attached hydrogen (secondary N) is 1. The van der Waals surface area contributed by atoms with Crippen LogP contribution in [-0.4, -0.2) is 48.8 Å². The van der Waals surface area contributed by atoms with Crippen LogP contribution in [0, 0.1) is 5.92 Å². The molecule has 158 valence electrons. The molecule has 0 spiro atoms. The summed E-state index contributed by atoms with van der Waals surface area (Å²) >= 11 is 0. The van der Waals surface area contributed by atoms with Crippen molar-refractivity contribution < 1.29 is 23.9 Å². The van der Waals surface area contributed by atoms with Crippen LogP contribution in [0.4, 0.5) is 0 Å². The minimum Gasteiger partial charge on any atom is -0.466 e. The molecule has 7 nitrogen and oxygen atoms in total. The second-order valence-electron chi connectivity index (χ2n) is 7.50. The molecular weight excluding hydrogens is 372 g/mol. The third-order valence-electron chi connectivity index (χ3n) is 4.98. The van der Waals surface area contributed by atoms with Crippen molar-refractivity contribution in [2.24, 2.45) is 5.92 Å². The van der Waals surface area contributed by atoms with Crippen molar-refractivity contribution in [2.75, 3.05) is 20.2 Å². The van der Waals surface area contributed by atoms with Crippen LogP contribution < -0.4 is 5.32 Å². The van der Waals surface area contributed by atoms with Gasteiger partial charge in [0, 0.05) is 25.6 Å². The van der Waals surface area contributed by atoms with Crippen molar-refractivity contribution in [1.29, 1.82) is 0 Å². The summed E-state index contributed by atoms with van der Waals surface area (Å²) in [5, 5.41) is 2.49. The number of unbranched alkanes of at least 4 members (excludes halogenated alkanes) is 4. The highest BCUT2D eigenvalue weighted by Gasteiger charge is 2.36. The Bertz CT molecular complexity index is 774. The number of carbonyl (C=O) groups is 4. The highest BCUT2D eigenvalue weighted by molar-refractivity contribution is 6.22. The Labute approximate surface area is 171 Å². The van der Waals surface area contributed by atoms with E-state index in [-0.39, 0.29) is 41.9 Å². The molecule has 1 aliphatic heterocycles. The number of fused-ring (bicyclic) bond motifs is 1. The number of nitrogens with zero attached hydrogens (tertiary/aromatic N) is 1. The minimum atomic E-state index is -0.438. The van der Waals surface area contributed by atoms with Crippen molar-refractivity contribution in [1.82, 2.24) is 10.2 Å². The van der Waals surface area contributed by atoms with Crippen molar-refractivity contribution in [3.63, 3.8) is 0 Å². The molecule has 1 aromatic rings. The van der Waals surface area contributed by atoms with Gasteiger partial charge in [-0.25, -0.2) is 0 Å². The van der Waals surface area contributed by atoms with Crippen LogP contribution in [0.1, 0.15) is 83.4 Å². The maximum atomic E-state index is 12.6. The van der Waals surface area contributed by atoms with Crippen LogP contribution >= 0.6 is 0 Å². The van der Waals surface area contributed by atoms with E-state index in [9.17, 15) is 19.2 Å². The van der Waals surface area contributed by atoms with Crippen LogP contribution in [0.15, 0.2) is 18.2 Å². The molecule has 2 rings (SSSR count). The van der Waals surface area contributed by atoms with Gasteiger partial charge in [-0.15, -0.1) is 0 Å². The Kier molecular flexibility index (Phi) is 8.36. The van der Waals surface area contributed by atoms with Gasteiger partial charge in [-0.1, -0.05) is 39.5 Å². The molecule has 0 saturated heterocycles. The lowest BCUT2D eigenvalue weighted by Gasteiger charge is -2.18. The van der Waals surface area contributed by atoms with Crippen molar-refractivity contribution in [3.8, 4) is 0 Å². The fraction of sp³-hybridized carbons (Fsp3) is 0.545. The van der Waals surface area contributed by atoms with E-state index in [1.807, 2.05) is 6.92 Å². The molecule has 0 bridgehead atoms. The van der Waals surface area contributed by atoms with Gasteiger partial charge < -0.3 is 10.1 Å². The molecule has 1 aromatic carbocycles. The topological polar surface area (TPSA) is 92.8 Å². The monoisotopic (exact) mass is 402 g/mol. The summed E-state index contributed by atoms with van der Waals surface area (Å²) in [5.41, 5.74) is 0.826. The first-order chi connectivity index (χ1) is 13.9. The Hall–Kier alpha value is -2.70. The zero-order valence-corrected chi connectivity index (χ0v) is 17.5. The maximum Gasteiger partial charge on any atom is 0.306 e. The fourth-order valence-corrected chi connectivity index (χ4v) is 3.35. The average molecular weight is 402 g/mol. The molecular formula is C22H30N2O5. The molecule has 1 aliphatic rings. The normalized spacial score (nSPS) is 14.0. The second-order valence-corrected chi connectivity index (χ2v) is 7.50. The highest BCUT2D eigenvalue weighted by Crippen LogP contribution is 2.25. The first kappa shape index (κ1) is 22.6. The Morgan fingerprint density at radius 2 is 1.76 bits per heavy atom. The first-order valence-corrected chi connectivity index (χ1v) is 10.3. The molecule has 0 saturated carbocycles. The molecule has 1 atom stereocenters. The van der Waals surface area contributed by atoms with E-state index in [1.165, 1.54) is 38.1 Å². The highest BCUT2D eigenvalue weighted by atomic mass is 16.5. The first-order valence-electron chi connectivity index (χ1n) is 10.3. The number of rotatable bonds is 11. The molecule has 1 heterocycles. The van der Waals surface area contributed by atoms with E-state index in [1.54, 1.807) is 0 Å². The number of hydrogen-bond donors (Lipinski definition) is 1. The number of imide groups is 1. The SMILES string of the molecule is CCCCCCCOC(=O)CC(C)CN1C(=O)c2ccc(C(=O)NC)cc2C1=O. The van der Waals surface area contributed by atoms with E-state index < -0.39 is 11.8 Å². The zero-order valence-electron chi connectivity index (χ0n) is 17.5. The Morgan fingerprint density at radius 1 is 1.07 bits per heavy atom. The van der Waals surface area contributed by atoms with Gasteiger partial charge in [-0.05, 0) is 30.5 Å². The molecule has 0 aromatic heterocycles. The van der Waals surface area contributed by atoms with E-state index >= 15 is 0 Å². The molecule has 7 heteroatoms. The van der Waals surface area contributed by atoms with Gasteiger partial charge in [0.05, 0.1) is 17.7 Å². The van der Waals surface area contributed by atoms with Gasteiger partial charge in [-0.2, -0.15) is 0 Å². The van der Waals surface area contributed by atoms with Gasteiger partial charge >= 0.3 is 5.97 Å². The summed E-state index contributed by atoms with van der Waals surface area (Å²) in [6, 6.07) is 4.46. The summed E-state index contributed by atoms with van der Waals surface area (Å²) < 4.78 is 5.26.